The van der Waals surface area contributed by atoms with Gasteiger partial charge in [-0.3, -0.25) is 0 Å². The first-order chi connectivity index (χ1) is 11.4. The summed E-state index contributed by atoms with van der Waals surface area (Å²) in [6.07, 6.45) is 2.31. The number of hydrogen-bond acceptors (Lipinski definition) is 2. The minimum atomic E-state index is -3.55. The van der Waals surface area contributed by atoms with Gasteiger partial charge in [0, 0.05) is 23.6 Å². The van der Waals surface area contributed by atoms with E-state index in [4.69, 9.17) is 0 Å². The smallest absolute Gasteiger partial charge is 0.240 e. The van der Waals surface area contributed by atoms with E-state index in [-0.39, 0.29) is 12.4 Å². The Hall–Kier alpha value is -2.18. The van der Waals surface area contributed by atoms with Crippen LogP contribution in [0.4, 0.5) is 4.39 Å². The summed E-state index contributed by atoms with van der Waals surface area (Å²) in [6, 6.07) is 9.90. The minimum Gasteiger partial charge on any atom is -0.361 e. The predicted octanol–water partition coefficient (Wildman–Crippen LogP) is 3.44. The molecule has 2 aromatic carbocycles. The van der Waals surface area contributed by atoms with Crippen LogP contribution >= 0.6 is 0 Å². The van der Waals surface area contributed by atoms with Crippen molar-refractivity contribution in [3.63, 3.8) is 0 Å². The highest BCUT2D eigenvalue weighted by molar-refractivity contribution is 7.89. The molecule has 4 nitrogen and oxygen atoms in total. The summed E-state index contributed by atoms with van der Waals surface area (Å²) in [7, 11) is -3.55. The Morgan fingerprint density at radius 2 is 1.92 bits per heavy atom. The standard InChI is InChI=1S/C18H19FN2O2S/c1-12-3-4-13(2)18(9-12)24(22,23)21-8-7-14-11-20-17-10-15(19)5-6-16(14)17/h3-6,9-11,20-21H,7-8H2,1-2H3. The second-order valence-electron chi connectivity index (χ2n) is 5.92. The van der Waals surface area contributed by atoms with Gasteiger partial charge in [-0.05, 0) is 61.2 Å². The number of hydrogen-bond donors (Lipinski definition) is 2. The van der Waals surface area contributed by atoms with Gasteiger partial charge in [0.2, 0.25) is 10.0 Å². The van der Waals surface area contributed by atoms with Gasteiger partial charge in [-0.1, -0.05) is 12.1 Å². The van der Waals surface area contributed by atoms with Crippen molar-refractivity contribution < 1.29 is 12.8 Å². The lowest BCUT2D eigenvalue weighted by Gasteiger charge is -2.10. The lowest BCUT2D eigenvalue weighted by Crippen LogP contribution is -2.26. The number of benzene rings is 2. The number of aromatic amines is 1. The number of aryl methyl sites for hydroxylation is 2. The van der Waals surface area contributed by atoms with Gasteiger partial charge < -0.3 is 4.98 Å². The topological polar surface area (TPSA) is 62.0 Å². The zero-order valence-corrected chi connectivity index (χ0v) is 14.4. The summed E-state index contributed by atoms with van der Waals surface area (Å²) in [6.45, 7) is 3.92. The van der Waals surface area contributed by atoms with Crippen molar-refractivity contribution in [2.45, 2.75) is 25.2 Å². The Kier molecular flexibility index (Phi) is 4.43. The fourth-order valence-electron chi connectivity index (χ4n) is 2.76. The highest BCUT2D eigenvalue weighted by Gasteiger charge is 2.16. The molecule has 126 valence electrons. The fraction of sp³-hybridized carbons (Fsp3) is 0.222. The molecule has 0 aliphatic heterocycles. The van der Waals surface area contributed by atoms with E-state index in [0.29, 0.717) is 16.8 Å². The Morgan fingerprint density at radius 3 is 2.71 bits per heavy atom. The lowest BCUT2D eigenvalue weighted by molar-refractivity contribution is 0.581. The molecule has 0 radical (unpaired) electrons. The van der Waals surface area contributed by atoms with Crippen LogP contribution in [-0.2, 0) is 16.4 Å². The Bertz CT molecular complexity index is 993. The van der Waals surface area contributed by atoms with Gasteiger partial charge >= 0.3 is 0 Å². The van der Waals surface area contributed by atoms with E-state index < -0.39 is 10.0 Å². The first-order valence-corrected chi connectivity index (χ1v) is 9.17. The molecule has 3 aromatic rings. The van der Waals surface area contributed by atoms with E-state index in [1.807, 2.05) is 13.0 Å². The SMILES string of the molecule is Cc1ccc(C)c(S(=O)(=O)NCCc2c[nH]c3cc(F)ccc23)c1. The zero-order valence-electron chi connectivity index (χ0n) is 13.6. The van der Waals surface area contributed by atoms with Gasteiger partial charge in [0.25, 0.3) is 0 Å². The van der Waals surface area contributed by atoms with Crippen LogP contribution in [-0.4, -0.2) is 19.9 Å². The van der Waals surface area contributed by atoms with Crippen molar-refractivity contribution >= 4 is 20.9 Å². The van der Waals surface area contributed by atoms with Crippen molar-refractivity contribution in [2.24, 2.45) is 0 Å². The third kappa shape index (κ3) is 3.34. The van der Waals surface area contributed by atoms with Gasteiger partial charge in [0.15, 0.2) is 0 Å². The Balaban J connectivity index is 1.74. The molecule has 0 saturated carbocycles. The molecule has 0 aliphatic carbocycles. The normalized spacial score (nSPS) is 12.0. The first-order valence-electron chi connectivity index (χ1n) is 7.69. The Labute approximate surface area is 140 Å². The predicted molar refractivity (Wildman–Crippen MR) is 93.1 cm³/mol. The van der Waals surface area contributed by atoms with Crippen LogP contribution in [0.15, 0.2) is 47.5 Å². The molecule has 0 unspecified atom stereocenters. The maximum Gasteiger partial charge on any atom is 0.240 e. The van der Waals surface area contributed by atoms with E-state index in [0.717, 1.165) is 22.1 Å². The zero-order chi connectivity index (χ0) is 17.3. The molecular weight excluding hydrogens is 327 g/mol. The maximum absolute atomic E-state index is 13.2. The maximum atomic E-state index is 13.2. The number of H-pyrrole nitrogens is 1. The lowest BCUT2D eigenvalue weighted by atomic mass is 10.1. The molecule has 2 N–H and O–H groups in total. The highest BCUT2D eigenvalue weighted by atomic mass is 32.2. The van der Waals surface area contributed by atoms with Crippen molar-refractivity contribution in [3.05, 3.63) is 65.1 Å². The number of halogens is 1. The summed E-state index contributed by atoms with van der Waals surface area (Å²) >= 11 is 0. The fourth-order valence-corrected chi connectivity index (χ4v) is 4.12. The summed E-state index contributed by atoms with van der Waals surface area (Å²) in [5, 5.41) is 0.905. The second kappa shape index (κ2) is 6.37. The molecule has 0 amide bonds. The molecule has 3 rings (SSSR count). The molecule has 6 heteroatoms. The van der Waals surface area contributed by atoms with Crippen LogP contribution in [0, 0.1) is 19.7 Å². The highest BCUT2D eigenvalue weighted by Crippen LogP contribution is 2.20. The number of aromatic nitrogens is 1. The van der Waals surface area contributed by atoms with Crippen LogP contribution in [0.2, 0.25) is 0 Å². The van der Waals surface area contributed by atoms with E-state index in [1.54, 1.807) is 31.3 Å². The monoisotopic (exact) mass is 346 g/mol. The number of rotatable bonds is 5. The molecule has 1 aromatic heterocycles. The average Bonchev–Trinajstić information content (AvgIpc) is 2.91. The molecule has 0 atom stereocenters. The van der Waals surface area contributed by atoms with Crippen LogP contribution in [0.3, 0.4) is 0 Å². The van der Waals surface area contributed by atoms with E-state index in [1.165, 1.54) is 12.1 Å². The van der Waals surface area contributed by atoms with Gasteiger partial charge in [0.05, 0.1) is 4.90 Å². The van der Waals surface area contributed by atoms with Gasteiger partial charge in [-0.25, -0.2) is 17.5 Å². The van der Waals surface area contributed by atoms with Crippen molar-refractivity contribution in [1.29, 1.82) is 0 Å². The van der Waals surface area contributed by atoms with Crippen LogP contribution in [0.5, 0.6) is 0 Å². The molecule has 1 heterocycles. The number of nitrogens with one attached hydrogen (secondary N) is 2. The van der Waals surface area contributed by atoms with Crippen LogP contribution < -0.4 is 4.72 Å². The second-order valence-corrected chi connectivity index (χ2v) is 7.66. The summed E-state index contributed by atoms with van der Waals surface area (Å²) < 4.78 is 40.8. The average molecular weight is 346 g/mol. The number of sulfonamides is 1. The minimum absolute atomic E-state index is 0.278. The van der Waals surface area contributed by atoms with E-state index >= 15 is 0 Å². The summed E-state index contributed by atoms with van der Waals surface area (Å²) in [5.74, 6) is -0.300. The van der Waals surface area contributed by atoms with Crippen LogP contribution in [0.1, 0.15) is 16.7 Å². The van der Waals surface area contributed by atoms with Gasteiger partial charge in [0.1, 0.15) is 5.82 Å². The third-order valence-corrected chi connectivity index (χ3v) is 5.65. The molecule has 0 saturated heterocycles. The largest absolute Gasteiger partial charge is 0.361 e. The molecular formula is C18H19FN2O2S. The van der Waals surface area contributed by atoms with Gasteiger partial charge in [-0.15, -0.1) is 0 Å². The third-order valence-electron chi connectivity index (χ3n) is 4.05. The van der Waals surface area contributed by atoms with E-state index in [2.05, 4.69) is 9.71 Å². The van der Waals surface area contributed by atoms with Gasteiger partial charge in [-0.2, -0.15) is 0 Å². The molecule has 24 heavy (non-hydrogen) atoms. The van der Waals surface area contributed by atoms with E-state index in [9.17, 15) is 12.8 Å². The first kappa shape index (κ1) is 16.7. The molecule has 0 bridgehead atoms. The Morgan fingerprint density at radius 1 is 1.12 bits per heavy atom. The molecule has 0 spiro atoms. The van der Waals surface area contributed by atoms with Crippen LogP contribution in [0.25, 0.3) is 10.9 Å². The summed E-state index contributed by atoms with van der Waals surface area (Å²) in [4.78, 5) is 3.32. The van der Waals surface area contributed by atoms with Crippen molar-refractivity contribution in [1.82, 2.24) is 9.71 Å². The summed E-state index contributed by atoms with van der Waals surface area (Å²) in [5.41, 5.74) is 3.28. The quantitative estimate of drug-likeness (QED) is 0.743. The number of fused-ring (bicyclic) bond motifs is 1. The van der Waals surface area contributed by atoms with Crippen molar-refractivity contribution in [2.75, 3.05) is 6.54 Å². The van der Waals surface area contributed by atoms with Crippen molar-refractivity contribution in [3.8, 4) is 0 Å². The molecule has 0 aliphatic rings. The molecule has 0 fully saturated rings.